The highest BCUT2D eigenvalue weighted by atomic mass is 16.2. The summed E-state index contributed by atoms with van der Waals surface area (Å²) in [5.41, 5.74) is 1.84. The van der Waals surface area contributed by atoms with Gasteiger partial charge in [-0.2, -0.15) is 0 Å². The van der Waals surface area contributed by atoms with Crippen molar-refractivity contribution in [2.75, 3.05) is 4.90 Å². The van der Waals surface area contributed by atoms with Crippen molar-refractivity contribution in [1.82, 2.24) is 5.32 Å². The molecule has 2 amide bonds. The Morgan fingerprint density at radius 1 is 1.10 bits per heavy atom. The highest BCUT2D eigenvalue weighted by molar-refractivity contribution is 6.15. The van der Waals surface area contributed by atoms with Gasteiger partial charge in [0.1, 0.15) is 0 Å². The van der Waals surface area contributed by atoms with E-state index in [1.807, 2.05) is 24.3 Å². The Morgan fingerprint density at radius 3 is 2.45 bits per heavy atom. The molecule has 0 radical (unpaired) electrons. The molecule has 0 aromatic heterocycles. The van der Waals surface area contributed by atoms with Crippen molar-refractivity contribution in [3.63, 3.8) is 0 Å². The summed E-state index contributed by atoms with van der Waals surface area (Å²) < 4.78 is 0. The quantitative estimate of drug-likeness (QED) is 0.856. The Kier molecular flexibility index (Phi) is 3.83. The first-order valence-electron chi connectivity index (χ1n) is 7.42. The maximum absolute atomic E-state index is 12.1. The zero-order valence-corrected chi connectivity index (χ0v) is 11.6. The summed E-state index contributed by atoms with van der Waals surface area (Å²) in [6, 6.07) is 8.41. The molecular weight excluding hydrogens is 252 g/mol. The number of hydrogen-bond donors (Lipinski definition) is 1. The van der Waals surface area contributed by atoms with E-state index in [9.17, 15) is 9.59 Å². The third kappa shape index (κ3) is 3.07. The lowest BCUT2D eigenvalue weighted by atomic mass is 10.1. The summed E-state index contributed by atoms with van der Waals surface area (Å²) in [5, 5.41) is 3.45. The molecule has 0 atom stereocenters. The van der Waals surface area contributed by atoms with E-state index >= 15 is 0 Å². The number of nitrogens with zero attached hydrogens (tertiary/aromatic N) is 1. The molecule has 2 aliphatic rings. The number of carbonyl (C=O) groups excluding carboxylic acids is 2. The molecule has 0 unspecified atom stereocenters. The van der Waals surface area contributed by atoms with Crippen LogP contribution in [0.2, 0.25) is 0 Å². The van der Waals surface area contributed by atoms with Crippen LogP contribution in [0.3, 0.4) is 0 Å². The first-order valence-corrected chi connectivity index (χ1v) is 7.42. The number of rotatable bonds is 4. The van der Waals surface area contributed by atoms with E-state index in [0.717, 1.165) is 30.6 Å². The second-order valence-electron chi connectivity index (χ2n) is 5.66. The molecular formula is C16H20N2O2. The average Bonchev–Trinajstić information content (AvgIpc) is 3.26. The van der Waals surface area contributed by atoms with Crippen molar-refractivity contribution >= 4 is 17.5 Å². The van der Waals surface area contributed by atoms with Gasteiger partial charge in [0.05, 0.1) is 5.69 Å². The van der Waals surface area contributed by atoms with E-state index in [-0.39, 0.29) is 11.8 Å². The molecule has 1 aromatic carbocycles. The van der Waals surface area contributed by atoms with Crippen LogP contribution in [0, 0.1) is 0 Å². The summed E-state index contributed by atoms with van der Waals surface area (Å²) in [6.07, 6.45) is 5.06. The van der Waals surface area contributed by atoms with Crippen LogP contribution >= 0.6 is 0 Å². The van der Waals surface area contributed by atoms with E-state index in [2.05, 4.69) is 5.32 Å². The molecule has 20 heavy (non-hydrogen) atoms. The number of carbonyl (C=O) groups is 2. The maximum Gasteiger partial charge on any atom is 0.233 e. The van der Waals surface area contributed by atoms with Crippen LogP contribution < -0.4 is 10.2 Å². The number of nitrogens with one attached hydrogen (secondary N) is 1. The van der Waals surface area contributed by atoms with Crippen molar-refractivity contribution in [2.45, 2.75) is 51.1 Å². The minimum absolute atomic E-state index is 0.0696. The molecule has 1 saturated carbocycles. The molecule has 1 heterocycles. The highest BCUT2D eigenvalue weighted by Gasteiger charge is 2.26. The van der Waals surface area contributed by atoms with E-state index in [1.54, 1.807) is 0 Å². The van der Waals surface area contributed by atoms with Crippen LogP contribution in [0.15, 0.2) is 24.3 Å². The van der Waals surface area contributed by atoms with Gasteiger partial charge in [-0.25, -0.2) is 0 Å². The second kappa shape index (κ2) is 5.75. The fraction of sp³-hybridized carbons (Fsp3) is 0.500. The summed E-state index contributed by atoms with van der Waals surface area (Å²) in [6.45, 7) is 0.800. The second-order valence-corrected chi connectivity index (χ2v) is 5.66. The van der Waals surface area contributed by atoms with Crippen LogP contribution in [0.4, 0.5) is 5.69 Å². The molecule has 106 valence electrons. The number of anilines is 1. The molecule has 1 N–H and O–H groups in total. The lowest BCUT2D eigenvalue weighted by Crippen LogP contribution is -2.35. The van der Waals surface area contributed by atoms with Crippen LogP contribution in [0.1, 0.15) is 44.1 Å². The Hall–Kier alpha value is -1.68. The summed E-state index contributed by atoms with van der Waals surface area (Å²) in [7, 11) is 0. The molecule has 1 aliphatic carbocycles. The normalized spacial score (nSPS) is 20.1. The van der Waals surface area contributed by atoms with Crippen molar-refractivity contribution in [1.29, 1.82) is 0 Å². The van der Waals surface area contributed by atoms with Gasteiger partial charge in [-0.05, 0) is 43.4 Å². The van der Waals surface area contributed by atoms with Gasteiger partial charge in [-0.1, -0.05) is 12.1 Å². The third-order valence-corrected chi connectivity index (χ3v) is 3.87. The molecule has 4 nitrogen and oxygen atoms in total. The molecule has 1 saturated heterocycles. The number of benzene rings is 1. The largest absolute Gasteiger partial charge is 0.310 e. The Labute approximate surface area is 119 Å². The lowest BCUT2D eigenvalue weighted by molar-refractivity contribution is -0.125. The average molecular weight is 272 g/mol. The van der Waals surface area contributed by atoms with Gasteiger partial charge in [0, 0.05) is 25.4 Å². The molecule has 0 spiro atoms. The van der Waals surface area contributed by atoms with E-state index in [4.69, 9.17) is 0 Å². The molecule has 1 aromatic rings. The number of amides is 2. The van der Waals surface area contributed by atoms with Crippen molar-refractivity contribution in [2.24, 2.45) is 0 Å². The summed E-state index contributed by atoms with van der Waals surface area (Å²) in [4.78, 5) is 25.6. The smallest absolute Gasteiger partial charge is 0.233 e. The Balaban J connectivity index is 1.78. The number of imide groups is 1. The van der Waals surface area contributed by atoms with Gasteiger partial charge in [-0.3, -0.25) is 14.5 Å². The van der Waals surface area contributed by atoms with Gasteiger partial charge in [0.2, 0.25) is 11.8 Å². The lowest BCUT2D eigenvalue weighted by Gasteiger charge is -2.19. The predicted octanol–water partition coefficient (Wildman–Crippen LogP) is 2.37. The highest BCUT2D eigenvalue weighted by Crippen LogP contribution is 2.23. The van der Waals surface area contributed by atoms with Gasteiger partial charge < -0.3 is 5.32 Å². The van der Waals surface area contributed by atoms with Crippen molar-refractivity contribution in [3.8, 4) is 0 Å². The van der Waals surface area contributed by atoms with E-state index in [1.165, 1.54) is 17.7 Å². The van der Waals surface area contributed by atoms with Crippen LogP contribution in [-0.4, -0.2) is 17.9 Å². The van der Waals surface area contributed by atoms with Crippen LogP contribution in [-0.2, 0) is 16.1 Å². The van der Waals surface area contributed by atoms with Gasteiger partial charge in [0.25, 0.3) is 0 Å². The predicted molar refractivity (Wildman–Crippen MR) is 77.3 cm³/mol. The molecule has 0 bridgehead atoms. The molecule has 2 fully saturated rings. The number of hydrogen-bond acceptors (Lipinski definition) is 3. The standard InChI is InChI=1S/C16H20N2O2/c19-15-6-1-2-7-16(20)18(15)14-5-3-4-12(10-14)11-17-13-8-9-13/h3-5,10,13,17H,1-2,6-9,11H2. The molecule has 1 aliphatic heterocycles. The minimum atomic E-state index is -0.0696. The zero-order valence-electron chi connectivity index (χ0n) is 11.6. The van der Waals surface area contributed by atoms with Crippen LogP contribution in [0.25, 0.3) is 0 Å². The van der Waals surface area contributed by atoms with Crippen molar-refractivity contribution < 1.29 is 9.59 Å². The van der Waals surface area contributed by atoms with Crippen molar-refractivity contribution in [3.05, 3.63) is 29.8 Å². The van der Waals surface area contributed by atoms with Gasteiger partial charge >= 0.3 is 0 Å². The zero-order chi connectivity index (χ0) is 13.9. The van der Waals surface area contributed by atoms with Gasteiger partial charge in [0.15, 0.2) is 0 Å². The minimum Gasteiger partial charge on any atom is -0.310 e. The SMILES string of the molecule is O=C1CCCCC(=O)N1c1cccc(CNC2CC2)c1. The summed E-state index contributed by atoms with van der Waals surface area (Å²) >= 11 is 0. The first-order chi connectivity index (χ1) is 9.74. The first kappa shape index (κ1) is 13.3. The molecule has 3 rings (SSSR count). The fourth-order valence-electron chi connectivity index (χ4n) is 2.56. The van der Waals surface area contributed by atoms with E-state index < -0.39 is 0 Å². The monoisotopic (exact) mass is 272 g/mol. The molecule has 4 heteroatoms. The Morgan fingerprint density at radius 2 is 1.80 bits per heavy atom. The van der Waals surface area contributed by atoms with E-state index in [0.29, 0.717) is 18.9 Å². The summed E-state index contributed by atoms with van der Waals surface area (Å²) in [5.74, 6) is -0.139. The maximum atomic E-state index is 12.1. The third-order valence-electron chi connectivity index (χ3n) is 3.87. The fourth-order valence-corrected chi connectivity index (χ4v) is 2.56. The van der Waals surface area contributed by atoms with Crippen LogP contribution in [0.5, 0.6) is 0 Å². The van der Waals surface area contributed by atoms with Gasteiger partial charge in [-0.15, -0.1) is 0 Å². The topological polar surface area (TPSA) is 49.4 Å². The Bertz CT molecular complexity index is 505.